The summed E-state index contributed by atoms with van der Waals surface area (Å²) in [6.07, 6.45) is 0. The molecule has 20 heavy (non-hydrogen) atoms. The smallest absolute Gasteiger partial charge is 0.322 e. The van der Waals surface area contributed by atoms with E-state index in [2.05, 4.69) is 15.5 Å². The number of carbonyl (C=O) groups excluding carboxylic acids is 1. The Morgan fingerprint density at radius 3 is 2.50 bits per heavy atom. The second-order valence-corrected chi connectivity index (χ2v) is 3.61. The number of nitrogens with zero attached hydrogens (tertiary/aromatic N) is 1. The fraction of sp³-hybridized carbons (Fsp3) is 0.214. The molecule has 1 aromatic carbocycles. The Hall–Kier alpha value is -2.63. The molecule has 0 radical (unpaired) electrons. The molecule has 0 aliphatic rings. The summed E-state index contributed by atoms with van der Waals surface area (Å²) >= 11 is 0. The second-order valence-electron chi connectivity index (χ2n) is 3.61. The normalized spacial score (nSPS) is 9.30. The Morgan fingerprint density at radius 1 is 1.25 bits per heavy atom. The number of amides is 1. The van der Waals surface area contributed by atoms with Crippen LogP contribution >= 0.6 is 0 Å². The molecule has 0 bridgehead atoms. The molecule has 0 unspecified atom stereocenters. The van der Waals surface area contributed by atoms with Crippen LogP contribution < -0.4 is 5.32 Å². The summed E-state index contributed by atoms with van der Waals surface area (Å²) < 4.78 is 0. The summed E-state index contributed by atoms with van der Waals surface area (Å²) in [6.45, 7) is 3.58. The van der Waals surface area contributed by atoms with Crippen LogP contribution in [0.3, 0.4) is 0 Å². The highest BCUT2D eigenvalue weighted by molar-refractivity contribution is 5.94. The third-order valence-corrected chi connectivity index (χ3v) is 2.29. The molecule has 1 heterocycles. The van der Waals surface area contributed by atoms with Gasteiger partial charge in [-0.25, -0.2) is 0 Å². The monoisotopic (exact) mass is 275 g/mol. The van der Waals surface area contributed by atoms with Gasteiger partial charge in [-0.3, -0.25) is 14.7 Å². The second kappa shape index (κ2) is 7.73. The van der Waals surface area contributed by atoms with Crippen molar-refractivity contribution in [1.82, 2.24) is 15.5 Å². The van der Waals surface area contributed by atoms with E-state index < -0.39 is 18.4 Å². The Kier molecular flexibility index (Phi) is 5.96. The molecule has 0 aliphatic carbocycles. The molecule has 6 heteroatoms. The third kappa shape index (κ3) is 4.24. The van der Waals surface area contributed by atoms with Gasteiger partial charge in [0.1, 0.15) is 12.2 Å². The number of hydrogen-bond donors (Lipinski definition) is 3. The molecule has 1 aromatic heterocycles. The van der Waals surface area contributed by atoms with Gasteiger partial charge in [0.15, 0.2) is 0 Å². The molecule has 3 N–H and O–H groups in total. The fourth-order valence-electron chi connectivity index (χ4n) is 1.45. The van der Waals surface area contributed by atoms with E-state index in [1.54, 1.807) is 6.07 Å². The maximum atomic E-state index is 11.5. The maximum absolute atomic E-state index is 11.5. The minimum absolute atomic E-state index is 0.232. The van der Waals surface area contributed by atoms with Crippen molar-refractivity contribution in [3.63, 3.8) is 0 Å². The number of hydrogen-bond acceptors (Lipinski definition) is 3. The highest BCUT2D eigenvalue weighted by atomic mass is 16.4. The molecular formula is C14H17N3O3. The lowest BCUT2D eigenvalue weighted by molar-refractivity contribution is -0.135. The number of aromatic amines is 1. The summed E-state index contributed by atoms with van der Waals surface area (Å²) in [6, 6.07) is 10.9. The van der Waals surface area contributed by atoms with Crippen LogP contribution in [-0.4, -0.2) is 33.7 Å². The Morgan fingerprint density at radius 2 is 1.90 bits per heavy atom. The largest absolute Gasteiger partial charge is 0.480 e. The van der Waals surface area contributed by atoms with Gasteiger partial charge in [-0.1, -0.05) is 44.2 Å². The number of carboxylic acids is 1. The average Bonchev–Trinajstić information content (AvgIpc) is 2.97. The van der Waals surface area contributed by atoms with E-state index in [0.29, 0.717) is 5.69 Å². The summed E-state index contributed by atoms with van der Waals surface area (Å²) in [5, 5.41) is 17.3. The Bertz CT molecular complexity index is 564. The zero-order chi connectivity index (χ0) is 15.0. The van der Waals surface area contributed by atoms with Gasteiger partial charge in [-0.15, -0.1) is 0 Å². The molecule has 1 amide bonds. The number of benzene rings is 1. The molecule has 0 aliphatic heterocycles. The van der Waals surface area contributed by atoms with Crippen LogP contribution in [0.4, 0.5) is 0 Å². The van der Waals surface area contributed by atoms with Gasteiger partial charge in [-0.2, -0.15) is 5.10 Å². The van der Waals surface area contributed by atoms with Crippen molar-refractivity contribution in [2.75, 3.05) is 6.54 Å². The maximum Gasteiger partial charge on any atom is 0.322 e. The molecule has 0 atom stereocenters. The van der Waals surface area contributed by atoms with Crippen molar-refractivity contribution in [2.45, 2.75) is 13.8 Å². The SMILES string of the molecule is CC.O=C(O)CNC(=O)c1cc(-c2ccccc2)n[nH]1. The van der Waals surface area contributed by atoms with E-state index in [9.17, 15) is 9.59 Å². The lowest BCUT2D eigenvalue weighted by Gasteiger charge is -1.97. The van der Waals surface area contributed by atoms with Crippen LogP contribution in [0.5, 0.6) is 0 Å². The Labute approximate surface area is 116 Å². The van der Waals surface area contributed by atoms with E-state index in [-0.39, 0.29) is 5.69 Å². The van der Waals surface area contributed by atoms with Crippen molar-refractivity contribution in [3.05, 3.63) is 42.1 Å². The first-order valence-corrected chi connectivity index (χ1v) is 6.27. The first-order valence-electron chi connectivity index (χ1n) is 6.27. The van der Waals surface area contributed by atoms with Crippen LogP contribution in [0.1, 0.15) is 24.3 Å². The van der Waals surface area contributed by atoms with Gasteiger partial charge in [0.25, 0.3) is 5.91 Å². The van der Waals surface area contributed by atoms with E-state index in [1.807, 2.05) is 44.2 Å². The number of aromatic nitrogens is 2. The van der Waals surface area contributed by atoms with Crippen LogP contribution in [0.2, 0.25) is 0 Å². The summed E-state index contributed by atoms with van der Waals surface area (Å²) in [5.74, 6) is -1.58. The molecule has 6 nitrogen and oxygen atoms in total. The summed E-state index contributed by atoms with van der Waals surface area (Å²) in [7, 11) is 0. The standard InChI is InChI=1S/C12H11N3O3.C2H6/c16-11(17)7-13-12(18)10-6-9(14-15-10)8-4-2-1-3-5-8;1-2/h1-6H,7H2,(H,13,18)(H,14,15)(H,16,17);1-2H3. The van der Waals surface area contributed by atoms with Gasteiger partial charge < -0.3 is 10.4 Å². The lowest BCUT2D eigenvalue weighted by atomic mass is 10.1. The van der Waals surface area contributed by atoms with Gasteiger partial charge >= 0.3 is 5.97 Å². The van der Waals surface area contributed by atoms with Gasteiger partial charge in [-0.05, 0) is 6.07 Å². The molecule has 2 rings (SSSR count). The minimum Gasteiger partial charge on any atom is -0.480 e. The number of carbonyl (C=O) groups is 2. The lowest BCUT2D eigenvalue weighted by Crippen LogP contribution is -2.29. The first-order chi connectivity index (χ1) is 9.66. The van der Waals surface area contributed by atoms with Crippen molar-refractivity contribution in [1.29, 1.82) is 0 Å². The van der Waals surface area contributed by atoms with Crippen LogP contribution in [-0.2, 0) is 4.79 Å². The topological polar surface area (TPSA) is 95.1 Å². The van der Waals surface area contributed by atoms with Crippen LogP contribution in [0.15, 0.2) is 36.4 Å². The van der Waals surface area contributed by atoms with Crippen molar-refractivity contribution in [3.8, 4) is 11.3 Å². The predicted molar refractivity (Wildman–Crippen MR) is 75.3 cm³/mol. The molecule has 0 fully saturated rings. The minimum atomic E-state index is -1.09. The van der Waals surface area contributed by atoms with Crippen LogP contribution in [0, 0.1) is 0 Å². The van der Waals surface area contributed by atoms with Crippen molar-refractivity contribution >= 4 is 11.9 Å². The quantitative estimate of drug-likeness (QED) is 0.794. The highest BCUT2D eigenvalue weighted by Crippen LogP contribution is 2.16. The van der Waals surface area contributed by atoms with E-state index in [1.165, 1.54) is 0 Å². The number of H-pyrrole nitrogens is 1. The number of aliphatic carboxylic acids is 1. The fourth-order valence-corrected chi connectivity index (χ4v) is 1.45. The number of carboxylic acid groups (broad SMARTS) is 1. The van der Waals surface area contributed by atoms with Gasteiger partial charge in [0.05, 0.1) is 5.69 Å². The predicted octanol–water partition coefficient (Wildman–Crippen LogP) is 1.92. The summed E-state index contributed by atoms with van der Waals surface area (Å²) in [4.78, 5) is 21.9. The Balaban J connectivity index is 0.000000956. The van der Waals surface area contributed by atoms with E-state index >= 15 is 0 Å². The number of nitrogens with one attached hydrogen (secondary N) is 2. The molecule has 0 saturated carbocycles. The average molecular weight is 275 g/mol. The van der Waals surface area contributed by atoms with E-state index in [0.717, 1.165) is 5.56 Å². The first kappa shape index (κ1) is 15.4. The summed E-state index contributed by atoms with van der Waals surface area (Å²) in [5.41, 5.74) is 1.75. The molecule has 0 saturated heterocycles. The van der Waals surface area contributed by atoms with Crippen molar-refractivity contribution in [2.24, 2.45) is 0 Å². The number of rotatable bonds is 4. The van der Waals surface area contributed by atoms with Crippen molar-refractivity contribution < 1.29 is 14.7 Å². The van der Waals surface area contributed by atoms with Gasteiger partial charge in [0, 0.05) is 5.56 Å². The molecule has 2 aromatic rings. The third-order valence-electron chi connectivity index (χ3n) is 2.29. The zero-order valence-corrected chi connectivity index (χ0v) is 11.4. The van der Waals surface area contributed by atoms with Gasteiger partial charge in [0.2, 0.25) is 0 Å². The molecular weight excluding hydrogens is 258 g/mol. The molecule has 106 valence electrons. The molecule has 0 spiro atoms. The van der Waals surface area contributed by atoms with Crippen LogP contribution in [0.25, 0.3) is 11.3 Å². The van der Waals surface area contributed by atoms with E-state index in [4.69, 9.17) is 5.11 Å². The zero-order valence-electron chi connectivity index (χ0n) is 11.4. The highest BCUT2D eigenvalue weighted by Gasteiger charge is 2.11.